The maximum atomic E-state index is 11.7. The van der Waals surface area contributed by atoms with E-state index in [-0.39, 0.29) is 19.6 Å². The third-order valence-electron chi connectivity index (χ3n) is 4.48. The van der Waals surface area contributed by atoms with Gasteiger partial charge in [0.25, 0.3) is 39.1 Å². The third kappa shape index (κ3) is 25.3. The summed E-state index contributed by atoms with van der Waals surface area (Å²) in [6.07, 6.45) is 0.205. The molecule has 0 amide bonds. The van der Waals surface area contributed by atoms with Gasteiger partial charge in [0, 0.05) is 25.0 Å². The highest BCUT2D eigenvalue weighted by atomic mass is 31.2. The molecule has 0 saturated carbocycles. The molecule has 0 rings (SSSR count). The van der Waals surface area contributed by atoms with Crippen molar-refractivity contribution in [3.63, 3.8) is 0 Å². The zero-order valence-electron chi connectivity index (χ0n) is 23.0. The molecule has 0 aromatic carbocycles. The highest BCUT2D eigenvalue weighted by Gasteiger charge is 2.18. The van der Waals surface area contributed by atoms with Gasteiger partial charge in [-0.2, -0.15) is 0 Å². The molecular formula is C16H35NO21P5-5. The van der Waals surface area contributed by atoms with E-state index in [4.69, 9.17) is 10.00 Å². The fraction of sp³-hybridized carbons (Fsp3) is 1.00. The van der Waals surface area contributed by atoms with Gasteiger partial charge in [0.1, 0.15) is 0 Å². The lowest BCUT2D eigenvalue weighted by molar-refractivity contribution is -0.237. The largest absolute Gasteiger partial charge is 0.756 e. The Morgan fingerprint density at radius 2 is 0.884 bits per heavy atom. The lowest BCUT2D eigenvalue weighted by Crippen LogP contribution is -2.27. The minimum Gasteiger partial charge on any atom is -0.756 e. The Kier molecular flexibility index (Phi) is 21.6. The van der Waals surface area contributed by atoms with E-state index in [9.17, 15) is 47.3 Å². The van der Waals surface area contributed by atoms with E-state index in [0.29, 0.717) is 0 Å². The molecule has 0 radical (unpaired) electrons. The van der Waals surface area contributed by atoms with E-state index in [2.05, 4.69) is 46.0 Å². The fourth-order valence-corrected chi connectivity index (χ4v) is 5.66. The van der Waals surface area contributed by atoms with Crippen LogP contribution in [0.4, 0.5) is 0 Å². The van der Waals surface area contributed by atoms with Crippen LogP contribution in [0.15, 0.2) is 0 Å². The van der Waals surface area contributed by atoms with Gasteiger partial charge < -0.3 is 80.5 Å². The first-order chi connectivity index (χ1) is 19.8. The van der Waals surface area contributed by atoms with Gasteiger partial charge in [-0.25, -0.2) is 0 Å². The van der Waals surface area contributed by atoms with E-state index in [0.717, 1.165) is 0 Å². The van der Waals surface area contributed by atoms with Gasteiger partial charge in [-0.3, -0.25) is 22.8 Å². The first kappa shape index (κ1) is 43.5. The zero-order valence-corrected chi connectivity index (χ0v) is 27.5. The Bertz CT molecular complexity index is 1010. The van der Waals surface area contributed by atoms with Gasteiger partial charge in [-0.05, 0) is 13.5 Å². The second-order valence-corrected chi connectivity index (χ2v) is 14.9. The molecule has 260 valence electrons. The highest BCUT2D eigenvalue weighted by Crippen LogP contribution is 2.43. The number of hydrogen-bond donors (Lipinski definition) is 3. The predicted molar refractivity (Wildman–Crippen MR) is 132 cm³/mol. The Hall–Kier alpha value is 0.470. The first-order valence-corrected chi connectivity index (χ1v) is 19.4. The summed E-state index contributed by atoms with van der Waals surface area (Å²) in [6, 6.07) is 0. The normalized spacial score (nSPS) is 20.7. The number of nitrogens with one attached hydrogen (secondary N) is 1. The molecule has 0 heterocycles. The van der Waals surface area contributed by atoms with Gasteiger partial charge in [0.05, 0.1) is 59.5 Å². The molecule has 0 aliphatic heterocycles. The van der Waals surface area contributed by atoms with E-state index >= 15 is 0 Å². The van der Waals surface area contributed by atoms with Crippen molar-refractivity contribution in [2.24, 2.45) is 11.8 Å². The summed E-state index contributed by atoms with van der Waals surface area (Å²) in [7, 11) is -23.4. The molecule has 0 aliphatic rings. The lowest BCUT2D eigenvalue weighted by Gasteiger charge is -2.27. The van der Waals surface area contributed by atoms with Crippen LogP contribution in [0.1, 0.15) is 13.3 Å². The van der Waals surface area contributed by atoms with Crippen LogP contribution in [-0.4, -0.2) is 89.7 Å². The zero-order chi connectivity index (χ0) is 33.2. The Labute approximate surface area is 247 Å². The summed E-state index contributed by atoms with van der Waals surface area (Å²) in [6.45, 7) is -5.16. The molecular weight excluding hydrogens is 697 g/mol. The number of aliphatic hydroxyl groups is 1. The molecule has 0 aliphatic carbocycles. The minimum atomic E-state index is -5.07. The molecule has 27 heteroatoms. The molecule has 43 heavy (non-hydrogen) atoms. The van der Waals surface area contributed by atoms with Crippen molar-refractivity contribution in [3.8, 4) is 0 Å². The van der Waals surface area contributed by atoms with Gasteiger partial charge in [-0.15, -0.1) is 0 Å². The Morgan fingerprint density at radius 1 is 0.581 bits per heavy atom. The van der Waals surface area contributed by atoms with Crippen LogP contribution >= 0.6 is 39.1 Å². The van der Waals surface area contributed by atoms with E-state index in [1.807, 2.05) is 0 Å². The van der Waals surface area contributed by atoms with Crippen LogP contribution in [0.2, 0.25) is 0 Å². The summed E-state index contributed by atoms with van der Waals surface area (Å²) < 4.78 is 96.7. The smallest absolute Gasteiger partial charge is 0.268 e. The van der Waals surface area contributed by atoms with E-state index < -0.39 is 110 Å². The quantitative estimate of drug-likeness (QED) is 0.0545. The molecule has 7 unspecified atom stereocenters. The molecule has 0 aromatic rings. The highest BCUT2D eigenvalue weighted by molar-refractivity contribution is 7.46. The third-order valence-corrected chi connectivity index (χ3v) is 8.88. The lowest BCUT2D eigenvalue weighted by atomic mass is 10.1. The van der Waals surface area contributed by atoms with Crippen molar-refractivity contribution in [1.82, 2.24) is 5.32 Å². The Balaban J connectivity index is 4.22. The monoisotopic (exact) mass is 732 g/mol. The van der Waals surface area contributed by atoms with Gasteiger partial charge in [0.15, 0.2) is 0 Å². The summed E-state index contributed by atoms with van der Waals surface area (Å²) in [5.41, 5.74) is 0. The number of hydrogen-bond acceptors (Lipinski definition) is 21. The molecule has 22 nitrogen and oxygen atoms in total. The Morgan fingerprint density at radius 3 is 1.16 bits per heavy atom. The summed E-state index contributed by atoms with van der Waals surface area (Å²) in [5.74, 6) is -1.30. The number of rotatable bonds is 28. The SMILES string of the molecule is CCC(COP(=O)([O-])O)COP(=O)([O-])OCCOP(=O)([O-])OCCOP(=O)([O-])OCCOP(=O)([O-])OCC(CO)CNC. The number of phosphoric ester groups is 5. The molecule has 0 saturated heterocycles. The van der Waals surface area contributed by atoms with Crippen LogP contribution in [0.25, 0.3) is 0 Å². The molecule has 0 spiro atoms. The summed E-state index contributed by atoms with van der Waals surface area (Å²) in [5, 5.41) is 11.8. The second-order valence-electron chi connectivity index (χ2n) is 8.02. The van der Waals surface area contributed by atoms with Crippen LogP contribution in [0.3, 0.4) is 0 Å². The van der Waals surface area contributed by atoms with Crippen molar-refractivity contribution < 1.29 is 98.0 Å². The standard InChI is InChI=1S/C16H40NO21P5/c1-3-15(12-36-39(19,20)21)13-37-42(26,27)34-8-6-32-40(22,23)30-4-5-31-41(24,25)33-7-9-35-43(28,29)38-14-16(11-18)10-17-2/h15-18H,3-14H2,1-2H3,(H,22,23)(H,24,25)(H,26,27)(H,28,29)(H2,19,20,21)/p-5. The second kappa shape index (κ2) is 21.4. The summed E-state index contributed by atoms with van der Waals surface area (Å²) in [4.78, 5) is 65.8. The maximum absolute atomic E-state index is 11.7. The van der Waals surface area contributed by atoms with Crippen molar-refractivity contribution in [1.29, 1.82) is 0 Å². The van der Waals surface area contributed by atoms with Crippen molar-refractivity contribution in [2.45, 2.75) is 13.3 Å². The summed E-state index contributed by atoms with van der Waals surface area (Å²) >= 11 is 0. The average molecular weight is 732 g/mol. The molecule has 0 bridgehead atoms. The molecule has 3 N–H and O–H groups in total. The van der Waals surface area contributed by atoms with Gasteiger partial charge >= 0.3 is 0 Å². The fourth-order valence-electron chi connectivity index (χ4n) is 2.39. The van der Waals surface area contributed by atoms with Crippen molar-refractivity contribution in [2.75, 3.05) is 79.7 Å². The minimum absolute atomic E-state index is 0.205. The molecule has 0 fully saturated rings. The molecule has 7 atom stereocenters. The van der Waals surface area contributed by atoms with Gasteiger partial charge in [-0.1, -0.05) is 6.92 Å². The van der Waals surface area contributed by atoms with Crippen LogP contribution in [-0.2, 0) is 63.5 Å². The first-order valence-electron chi connectivity index (χ1n) is 12.1. The molecule has 0 aromatic heterocycles. The van der Waals surface area contributed by atoms with E-state index in [1.165, 1.54) is 0 Å². The average Bonchev–Trinajstić information content (AvgIpc) is 2.89. The van der Waals surface area contributed by atoms with Crippen LogP contribution in [0.5, 0.6) is 0 Å². The van der Waals surface area contributed by atoms with E-state index in [1.54, 1.807) is 14.0 Å². The van der Waals surface area contributed by atoms with Crippen molar-refractivity contribution in [3.05, 3.63) is 0 Å². The van der Waals surface area contributed by atoms with Crippen LogP contribution < -0.4 is 29.8 Å². The van der Waals surface area contributed by atoms with Crippen molar-refractivity contribution >= 4 is 39.1 Å². The van der Waals surface area contributed by atoms with Crippen LogP contribution in [0, 0.1) is 11.8 Å². The topological polar surface area (TPSA) is 336 Å². The van der Waals surface area contributed by atoms with Gasteiger partial charge in [0.2, 0.25) is 0 Å². The number of aliphatic hydroxyl groups excluding tert-OH is 1. The maximum Gasteiger partial charge on any atom is 0.268 e. The predicted octanol–water partition coefficient (Wildman–Crippen LogP) is -2.68. The number of phosphoric acid groups is 5.